The predicted octanol–water partition coefficient (Wildman–Crippen LogP) is 0.984. The van der Waals surface area contributed by atoms with Crippen molar-refractivity contribution in [1.29, 1.82) is 0 Å². The molecule has 0 radical (unpaired) electrons. The lowest BCUT2D eigenvalue weighted by Crippen LogP contribution is -2.58. The molecule has 21 heavy (non-hydrogen) atoms. The van der Waals surface area contributed by atoms with Gasteiger partial charge >= 0.3 is 17.9 Å². The van der Waals surface area contributed by atoms with E-state index in [2.05, 4.69) is 0 Å². The van der Waals surface area contributed by atoms with Crippen LogP contribution >= 0.6 is 23.2 Å². The Kier molecular flexibility index (Phi) is 6.70. The fraction of sp³-hybridized carbons (Fsp3) is 0.750. The lowest BCUT2D eigenvalue weighted by molar-refractivity contribution is -0.204. The minimum Gasteiger partial charge on any atom is -0.463 e. The van der Waals surface area contributed by atoms with Crippen LogP contribution in [-0.2, 0) is 33.3 Å². The van der Waals surface area contributed by atoms with Crippen LogP contribution in [0.5, 0.6) is 0 Å². The van der Waals surface area contributed by atoms with Gasteiger partial charge in [-0.3, -0.25) is 14.4 Å². The van der Waals surface area contributed by atoms with E-state index >= 15 is 0 Å². The van der Waals surface area contributed by atoms with Gasteiger partial charge in [0.1, 0.15) is 18.1 Å². The smallest absolute Gasteiger partial charge is 0.303 e. The molecule has 1 fully saturated rings. The number of hydrogen-bond acceptors (Lipinski definition) is 7. The standard InChI is InChI=1S/C12H16Cl2O7/c1-5(15)18-4-8-10(19-6(2)16)11(20-7(3)17)9(13)12(14)21-8/h8-12H,4H2,1-3H3/t8-,9-,10-,11-,12+/m1/s1. The fourth-order valence-corrected chi connectivity index (χ4v) is 2.38. The van der Waals surface area contributed by atoms with Gasteiger partial charge in [0.05, 0.1) is 0 Å². The number of halogens is 2. The van der Waals surface area contributed by atoms with Crippen molar-refractivity contribution >= 4 is 41.1 Å². The SMILES string of the molecule is CC(=O)OC[C@H]1O[C@H](Cl)[C@H](Cl)[C@@H](OC(C)=O)[C@@H]1OC(C)=O. The maximum absolute atomic E-state index is 11.2. The van der Waals surface area contributed by atoms with Crippen LogP contribution in [0.2, 0.25) is 0 Å². The molecule has 0 bridgehead atoms. The van der Waals surface area contributed by atoms with Gasteiger partial charge in [0.25, 0.3) is 0 Å². The molecule has 9 heteroatoms. The normalized spacial score (nSPS) is 32.1. The van der Waals surface area contributed by atoms with Crippen LogP contribution in [0.1, 0.15) is 20.8 Å². The fourth-order valence-electron chi connectivity index (χ4n) is 1.85. The van der Waals surface area contributed by atoms with E-state index in [1.54, 1.807) is 0 Å². The van der Waals surface area contributed by atoms with Crippen LogP contribution in [0, 0.1) is 0 Å². The summed E-state index contributed by atoms with van der Waals surface area (Å²) in [5, 5.41) is -0.923. The Hall–Kier alpha value is -1.05. The van der Waals surface area contributed by atoms with Crippen molar-refractivity contribution in [3.05, 3.63) is 0 Å². The number of rotatable bonds is 4. The summed E-state index contributed by atoms with van der Waals surface area (Å²) >= 11 is 12.0. The molecule has 7 nitrogen and oxygen atoms in total. The van der Waals surface area contributed by atoms with E-state index in [1.807, 2.05) is 0 Å². The molecule has 1 aliphatic heterocycles. The minimum absolute atomic E-state index is 0.210. The summed E-state index contributed by atoms with van der Waals surface area (Å²) in [4.78, 5) is 33.3. The largest absolute Gasteiger partial charge is 0.463 e. The van der Waals surface area contributed by atoms with Crippen molar-refractivity contribution < 1.29 is 33.3 Å². The highest BCUT2D eigenvalue weighted by molar-refractivity contribution is 6.29. The minimum atomic E-state index is -1.02. The Morgan fingerprint density at radius 1 is 0.952 bits per heavy atom. The number of esters is 3. The summed E-state index contributed by atoms with van der Waals surface area (Å²) in [6.07, 6.45) is -2.92. The highest BCUT2D eigenvalue weighted by Crippen LogP contribution is 2.31. The first-order valence-electron chi connectivity index (χ1n) is 6.13. The van der Waals surface area contributed by atoms with Crippen LogP contribution in [0.25, 0.3) is 0 Å². The summed E-state index contributed by atoms with van der Waals surface area (Å²) in [6, 6.07) is 0. The third-order valence-electron chi connectivity index (χ3n) is 2.61. The summed E-state index contributed by atoms with van der Waals surface area (Å²) in [5.74, 6) is -1.77. The summed E-state index contributed by atoms with van der Waals surface area (Å²) in [5.41, 5.74) is -0.997. The number of alkyl halides is 2. The van der Waals surface area contributed by atoms with E-state index in [4.69, 9.17) is 42.1 Å². The van der Waals surface area contributed by atoms with Crippen molar-refractivity contribution in [2.75, 3.05) is 6.61 Å². The average Bonchev–Trinajstić information content (AvgIpc) is 2.35. The van der Waals surface area contributed by atoms with E-state index in [-0.39, 0.29) is 6.61 Å². The van der Waals surface area contributed by atoms with Crippen LogP contribution in [0.3, 0.4) is 0 Å². The molecule has 0 aliphatic carbocycles. The van der Waals surface area contributed by atoms with Crippen molar-refractivity contribution in [2.45, 2.75) is 50.0 Å². The highest BCUT2D eigenvalue weighted by Gasteiger charge is 2.49. The van der Waals surface area contributed by atoms with Crippen molar-refractivity contribution in [3.63, 3.8) is 0 Å². The molecule has 0 aromatic heterocycles. The second-order valence-electron chi connectivity index (χ2n) is 4.42. The summed E-state index contributed by atoms with van der Waals surface area (Å²) in [6.45, 7) is 3.38. The Labute approximate surface area is 131 Å². The first-order chi connectivity index (χ1) is 9.72. The van der Waals surface area contributed by atoms with E-state index in [0.29, 0.717) is 0 Å². The van der Waals surface area contributed by atoms with Gasteiger partial charge in [0.2, 0.25) is 0 Å². The molecule has 120 valence electrons. The van der Waals surface area contributed by atoms with Crippen molar-refractivity contribution in [1.82, 2.24) is 0 Å². The molecule has 0 N–H and O–H groups in total. The zero-order valence-corrected chi connectivity index (χ0v) is 13.2. The topological polar surface area (TPSA) is 88.1 Å². The van der Waals surface area contributed by atoms with Gasteiger partial charge in [-0.05, 0) is 0 Å². The summed E-state index contributed by atoms with van der Waals surface area (Å²) < 4.78 is 20.4. The molecule has 1 heterocycles. The molecule has 0 unspecified atom stereocenters. The molecular formula is C12H16Cl2O7. The van der Waals surface area contributed by atoms with Gasteiger partial charge in [0.15, 0.2) is 17.8 Å². The Morgan fingerprint density at radius 3 is 1.95 bits per heavy atom. The molecule has 0 aromatic carbocycles. The lowest BCUT2D eigenvalue weighted by Gasteiger charge is -2.41. The molecule has 1 rings (SSSR count). The monoisotopic (exact) mass is 342 g/mol. The second kappa shape index (κ2) is 7.82. The number of hydrogen-bond donors (Lipinski definition) is 0. The van der Waals surface area contributed by atoms with Crippen LogP contribution in [0.4, 0.5) is 0 Å². The average molecular weight is 343 g/mol. The molecule has 1 aliphatic rings. The van der Waals surface area contributed by atoms with Gasteiger partial charge in [-0.1, -0.05) is 11.6 Å². The Morgan fingerprint density at radius 2 is 1.48 bits per heavy atom. The number of carbonyl (C=O) groups excluding carboxylic acids is 3. The molecule has 5 atom stereocenters. The highest BCUT2D eigenvalue weighted by atomic mass is 35.5. The van der Waals surface area contributed by atoms with E-state index in [0.717, 1.165) is 0 Å². The van der Waals surface area contributed by atoms with E-state index < -0.39 is 47.2 Å². The summed E-state index contributed by atoms with van der Waals surface area (Å²) in [7, 11) is 0. The maximum atomic E-state index is 11.2. The van der Waals surface area contributed by atoms with Crippen LogP contribution in [0.15, 0.2) is 0 Å². The van der Waals surface area contributed by atoms with Gasteiger partial charge in [-0.25, -0.2) is 0 Å². The van der Waals surface area contributed by atoms with Gasteiger partial charge < -0.3 is 18.9 Å². The predicted molar refractivity (Wildman–Crippen MR) is 71.9 cm³/mol. The molecular weight excluding hydrogens is 327 g/mol. The molecule has 1 saturated heterocycles. The van der Waals surface area contributed by atoms with Crippen molar-refractivity contribution in [3.8, 4) is 0 Å². The molecule has 0 spiro atoms. The van der Waals surface area contributed by atoms with Gasteiger partial charge in [0, 0.05) is 20.8 Å². The first kappa shape index (κ1) is 18.0. The molecule has 0 amide bonds. The molecule has 0 aromatic rings. The van der Waals surface area contributed by atoms with E-state index in [9.17, 15) is 14.4 Å². The van der Waals surface area contributed by atoms with Gasteiger partial charge in [-0.2, -0.15) is 0 Å². The molecule has 0 saturated carbocycles. The third kappa shape index (κ3) is 5.33. The lowest BCUT2D eigenvalue weighted by atomic mass is 10.0. The number of ether oxygens (including phenoxy) is 4. The van der Waals surface area contributed by atoms with E-state index in [1.165, 1.54) is 20.8 Å². The third-order valence-corrected chi connectivity index (χ3v) is 3.59. The number of carbonyl (C=O) groups is 3. The second-order valence-corrected chi connectivity index (χ2v) is 5.35. The Balaban J connectivity index is 2.94. The first-order valence-corrected chi connectivity index (χ1v) is 7.01. The van der Waals surface area contributed by atoms with Crippen molar-refractivity contribution in [2.24, 2.45) is 0 Å². The van der Waals surface area contributed by atoms with Crippen LogP contribution < -0.4 is 0 Å². The van der Waals surface area contributed by atoms with Gasteiger partial charge in [-0.15, -0.1) is 11.6 Å². The zero-order chi connectivity index (χ0) is 16.2. The van der Waals surface area contributed by atoms with Crippen LogP contribution in [-0.4, -0.2) is 53.8 Å². The Bertz CT molecular complexity index is 414. The quantitative estimate of drug-likeness (QED) is 0.427. The zero-order valence-electron chi connectivity index (χ0n) is 11.7. The maximum Gasteiger partial charge on any atom is 0.303 e.